The van der Waals surface area contributed by atoms with Gasteiger partial charge in [-0.1, -0.05) is 19.1 Å². The third-order valence-electron chi connectivity index (χ3n) is 4.73. The van der Waals surface area contributed by atoms with E-state index < -0.39 is 15.9 Å². The number of methoxy groups -OCH3 is 1. The van der Waals surface area contributed by atoms with Gasteiger partial charge >= 0.3 is 0 Å². The molecular formula is C21H26N2O6S. The topological polar surface area (TPSA) is 94.2 Å². The van der Waals surface area contributed by atoms with E-state index >= 15 is 0 Å². The van der Waals surface area contributed by atoms with E-state index in [1.807, 2.05) is 25.1 Å². The number of aryl methyl sites for hydroxylation is 1. The van der Waals surface area contributed by atoms with Gasteiger partial charge in [0.15, 0.2) is 6.61 Å². The zero-order valence-corrected chi connectivity index (χ0v) is 17.9. The van der Waals surface area contributed by atoms with Crippen molar-refractivity contribution in [1.29, 1.82) is 0 Å². The van der Waals surface area contributed by atoms with Gasteiger partial charge in [0, 0.05) is 13.1 Å². The van der Waals surface area contributed by atoms with Crippen LogP contribution in [0.25, 0.3) is 0 Å². The summed E-state index contributed by atoms with van der Waals surface area (Å²) in [6.07, 6.45) is 0.866. The molecule has 1 aliphatic heterocycles. The number of nitrogens with one attached hydrogen (secondary N) is 1. The molecule has 2 aromatic carbocycles. The van der Waals surface area contributed by atoms with Gasteiger partial charge in [0.05, 0.1) is 30.9 Å². The third kappa shape index (κ3) is 5.29. The predicted octanol–water partition coefficient (Wildman–Crippen LogP) is 2.30. The van der Waals surface area contributed by atoms with Crippen LogP contribution in [0.2, 0.25) is 0 Å². The van der Waals surface area contributed by atoms with Crippen molar-refractivity contribution in [3.8, 4) is 11.5 Å². The minimum absolute atomic E-state index is 0.0806. The average molecular weight is 435 g/mol. The predicted molar refractivity (Wildman–Crippen MR) is 113 cm³/mol. The number of anilines is 1. The van der Waals surface area contributed by atoms with Crippen LogP contribution < -0.4 is 14.8 Å². The molecule has 1 fully saturated rings. The van der Waals surface area contributed by atoms with Gasteiger partial charge in [-0.2, -0.15) is 4.31 Å². The molecule has 3 rings (SSSR count). The van der Waals surface area contributed by atoms with Crippen LogP contribution in [0.5, 0.6) is 11.5 Å². The lowest BCUT2D eigenvalue weighted by Crippen LogP contribution is -2.40. The Hall–Kier alpha value is -2.62. The molecule has 1 aliphatic rings. The van der Waals surface area contributed by atoms with Crippen LogP contribution in [-0.4, -0.2) is 58.7 Å². The molecule has 30 heavy (non-hydrogen) atoms. The summed E-state index contributed by atoms with van der Waals surface area (Å²) in [5, 5.41) is 2.68. The molecule has 0 bridgehead atoms. The summed E-state index contributed by atoms with van der Waals surface area (Å²) in [6.45, 7) is 3.12. The highest BCUT2D eigenvalue weighted by molar-refractivity contribution is 7.89. The number of rotatable bonds is 8. The molecule has 1 heterocycles. The second-order valence-electron chi connectivity index (χ2n) is 6.72. The summed E-state index contributed by atoms with van der Waals surface area (Å²) in [5.74, 6) is 0.536. The van der Waals surface area contributed by atoms with Crippen LogP contribution >= 0.6 is 0 Å². The van der Waals surface area contributed by atoms with Gasteiger partial charge in [-0.15, -0.1) is 0 Å². The third-order valence-corrected chi connectivity index (χ3v) is 6.62. The minimum atomic E-state index is -3.69. The van der Waals surface area contributed by atoms with E-state index in [4.69, 9.17) is 14.2 Å². The number of hydrogen-bond acceptors (Lipinski definition) is 6. The van der Waals surface area contributed by atoms with Gasteiger partial charge in [-0.25, -0.2) is 8.42 Å². The molecule has 0 radical (unpaired) electrons. The fourth-order valence-corrected chi connectivity index (χ4v) is 4.51. The maximum absolute atomic E-state index is 12.9. The standard InChI is InChI=1S/C21H26N2O6S/c1-3-16-5-4-6-17(13-16)29-15-21(24)22-19-14-18(7-8-20(19)27-2)30(25,26)23-9-11-28-12-10-23/h4-8,13-14H,3,9-12,15H2,1-2H3,(H,22,24). The Labute approximate surface area is 176 Å². The molecule has 0 saturated carbocycles. The van der Waals surface area contributed by atoms with Crippen molar-refractivity contribution in [2.45, 2.75) is 18.2 Å². The monoisotopic (exact) mass is 434 g/mol. The van der Waals surface area contributed by atoms with Gasteiger partial charge in [-0.05, 0) is 42.3 Å². The second-order valence-corrected chi connectivity index (χ2v) is 8.65. The van der Waals surface area contributed by atoms with Crippen LogP contribution in [0, 0.1) is 0 Å². The number of nitrogens with zero attached hydrogens (tertiary/aromatic N) is 1. The quantitative estimate of drug-likeness (QED) is 0.685. The van der Waals surface area contributed by atoms with Gasteiger partial charge in [0.2, 0.25) is 10.0 Å². The Kier molecular flexibility index (Phi) is 7.30. The molecule has 1 N–H and O–H groups in total. The first-order chi connectivity index (χ1) is 14.4. The lowest BCUT2D eigenvalue weighted by atomic mass is 10.2. The van der Waals surface area contributed by atoms with Crippen LogP contribution in [0.4, 0.5) is 5.69 Å². The van der Waals surface area contributed by atoms with Crippen molar-refractivity contribution in [2.24, 2.45) is 0 Å². The smallest absolute Gasteiger partial charge is 0.262 e. The van der Waals surface area contributed by atoms with E-state index in [1.54, 1.807) is 6.07 Å². The van der Waals surface area contributed by atoms with E-state index in [0.717, 1.165) is 12.0 Å². The summed E-state index contributed by atoms with van der Waals surface area (Å²) in [4.78, 5) is 12.5. The first-order valence-corrected chi connectivity index (χ1v) is 11.2. The molecule has 1 amide bonds. The van der Waals surface area contributed by atoms with Crippen LogP contribution in [0.1, 0.15) is 12.5 Å². The number of sulfonamides is 1. The zero-order chi connectivity index (χ0) is 21.6. The molecule has 0 aromatic heterocycles. The second kappa shape index (κ2) is 9.92. The maximum atomic E-state index is 12.9. The zero-order valence-electron chi connectivity index (χ0n) is 17.1. The van der Waals surface area contributed by atoms with Crippen molar-refractivity contribution in [3.63, 3.8) is 0 Å². The Morgan fingerprint density at radius 3 is 2.63 bits per heavy atom. The van der Waals surface area contributed by atoms with E-state index in [2.05, 4.69) is 5.32 Å². The highest BCUT2D eigenvalue weighted by atomic mass is 32.2. The number of carbonyl (C=O) groups is 1. The molecule has 0 atom stereocenters. The number of ether oxygens (including phenoxy) is 3. The maximum Gasteiger partial charge on any atom is 0.262 e. The fourth-order valence-electron chi connectivity index (χ4n) is 3.07. The van der Waals surface area contributed by atoms with Crippen molar-refractivity contribution in [1.82, 2.24) is 4.31 Å². The highest BCUT2D eigenvalue weighted by Crippen LogP contribution is 2.29. The summed E-state index contributed by atoms with van der Waals surface area (Å²) in [6, 6.07) is 11.9. The Morgan fingerprint density at radius 2 is 1.93 bits per heavy atom. The molecule has 8 nitrogen and oxygen atoms in total. The van der Waals surface area contributed by atoms with Crippen LogP contribution in [-0.2, 0) is 26.0 Å². The van der Waals surface area contributed by atoms with Gasteiger partial charge in [0.1, 0.15) is 11.5 Å². The molecule has 0 unspecified atom stereocenters. The van der Waals surface area contributed by atoms with E-state index in [1.165, 1.54) is 29.6 Å². The first-order valence-electron chi connectivity index (χ1n) is 9.71. The van der Waals surface area contributed by atoms with Gasteiger partial charge in [0.25, 0.3) is 5.91 Å². The molecule has 1 saturated heterocycles. The van der Waals surface area contributed by atoms with Crippen molar-refractivity contribution < 1.29 is 27.4 Å². The van der Waals surface area contributed by atoms with Crippen molar-refractivity contribution in [2.75, 3.05) is 45.3 Å². The number of benzene rings is 2. The lowest BCUT2D eigenvalue weighted by molar-refractivity contribution is -0.118. The Balaban J connectivity index is 1.72. The number of amides is 1. The molecule has 0 aliphatic carbocycles. The number of morpholine rings is 1. The van der Waals surface area contributed by atoms with Crippen molar-refractivity contribution in [3.05, 3.63) is 48.0 Å². The van der Waals surface area contributed by atoms with Crippen molar-refractivity contribution >= 4 is 21.6 Å². The summed E-state index contributed by atoms with van der Waals surface area (Å²) in [7, 11) is -2.24. The van der Waals surface area contributed by atoms with Crippen LogP contribution in [0.15, 0.2) is 47.4 Å². The molecule has 0 spiro atoms. The van der Waals surface area contributed by atoms with E-state index in [-0.39, 0.29) is 17.2 Å². The fraction of sp³-hybridized carbons (Fsp3) is 0.381. The summed E-state index contributed by atoms with van der Waals surface area (Å²) >= 11 is 0. The Bertz CT molecular complexity index is 987. The normalized spacial score (nSPS) is 14.9. The van der Waals surface area contributed by atoms with Gasteiger partial charge in [-0.3, -0.25) is 4.79 Å². The number of hydrogen-bond donors (Lipinski definition) is 1. The van der Waals surface area contributed by atoms with Gasteiger partial charge < -0.3 is 19.5 Å². The van der Waals surface area contributed by atoms with E-state index in [0.29, 0.717) is 37.8 Å². The summed E-state index contributed by atoms with van der Waals surface area (Å²) < 4.78 is 43.2. The summed E-state index contributed by atoms with van der Waals surface area (Å²) in [5.41, 5.74) is 1.37. The average Bonchev–Trinajstić information content (AvgIpc) is 2.78. The molecule has 162 valence electrons. The molecule has 2 aromatic rings. The van der Waals surface area contributed by atoms with E-state index in [9.17, 15) is 13.2 Å². The number of carbonyl (C=O) groups excluding carboxylic acids is 1. The first kappa shape index (κ1) is 22.1. The SMILES string of the molecule is CCc1cccc(OCC(=O)Nc2cc(S(=O)(=O)N3CCOCC3)ccc2OC)c1. The van der Waals surface area contributed by atoms with Crippen LogP contribution in [0.3, 0.4) is 0 Å². The largest absolute Gasteiger partial charge is 0.495 e. The minimum Gasteiger partial charge on any atom is -0.495 e. The Morgan fingerprint density at radius 1 is 1.17 bits per heavy atom. The highest BCUT2D eigenvalue weighted by Gasteiger charge is 2.27. The molecular weight excluding hydrogens is 408 g/mol. The molecule has 9 heteroatoms. The lowest BCUT2D eigenvalue weighted by Gasteiger charge is -2.26.